The van der Waals surface area contributed by atoms with E-state index in [0.29, 0.717) is 0 Å². The quantitative estimate of drug-likeness (QED) is 0.706. The van der Waals surface area contributed by atoms with E-state index in [9.17, 15) is 22.8 Å². The van der Waals surface area contributed by atoms with Gasteiger partial charge in [-0.1, -0.05) is 30.3 Å². The molecule has 0 spiro atoms. The predicted molar refractivity (Wildman–Crippen MR) is 77.2 cm³/mol. The summed E-state index contributed by atoms with van der Waals surface area (Å²) in [6, 6.07) is 7.18. The van der Waals surface area contributed by atoms with Crippen molar-refractivity contribution in [3.63, 3.8) is 0 Å². The van der Waals surface area contributed by atoms with E-state index < -0.39 is 28.0 Å². The van der Waals surface area contributed by atoms with Gasteiger partial charge in [-0.25, -0.2) is 17.9 Å². The molecular formula is C13H15N3O5S. The third-order valence-corrected chi connectivity index (χ3v) is 3.54. The lowest BCUT2D eigenvalue weighted by Crippen LogP contribution is -2.67. The van der Waals surface area contributed by atoms with Crippen molar-refractivity contribution in [1.29, 1.82) is 0 Å². The lowest BCUT2D eigenvalue weighted by Gasteiger charge is -2.36. The molecule has 1 unspecified atom stereocenters. The van der Waals surface area contributed by atoms with Crippen molar-refractivity contribution in [3.05, 3.63) is 35.9 Å². The van der Waals surface area contributed by atoms with E-state index in [1.807, 2.05) is 6.07 Å². The van der Waals surface area contributed by atoms with Gasteiger partial charge in [-0.05, 0) is 5.56 Å². The van der Waals surface area contributed by atoms with Crippen molar-refractivity contribution < 1.29 is 22.8 Å². The highest BCUT2D eigenvalue weighted by molar-refractivity contribution is 7.89. The second-order valence-corrected chi connectivity index (χ2v) is 6.66. The summed E-state index contributed by atoms with van der Waals surface area (Å²) in [6.45, 7) is -0.0548. The first kappa shape index (κ1) is 16.0. The molecule has 1 aliphatic rings. The Balaban J connectivity index is 1.83. The number of carbonyl (C=O) groups excluding carboxylic acids is 3. The van der Waals surface area contributed by atoms with Crippen molar-refractivity contribution >= 4 is 27.9 Å². The number of nitrogens with one attached hydrogen (secondary N) is 2. The van der Waals surface area contributed by atoms with Crippen molar-refractivity contribution in [2.45, 2.75) is 12.5 Å². The first-order chi connectivity index (χ1) is 10.3. The summed E-state index contributed by atoms with van der Waals surface area (Å²) in [5.41, 5.74) is 0.804. The van der Waals surface area contributed by atoms with E-state index in [1.165, 1.54) is 0 Å². The van der Waals surface area contributed by atoms with Gasteiger partial charge in [-0.15, -0.1) is 0 Å². The Labute approximate surface area is 127 Å². The Kier molecular flexibility index (Phi) is 4.45. The van der Waals surface area contributed by atoms with Gasteiger partial charge in [0.15, 0.2) is 0 Å². The molecule has 1 saturated heterocycles. The Bertz CT molecular complexity index is 702. The molecule has 1 aromatic carbocycles. The van der Waals surface area contributed by atoms with Crippen LogP contribution in [-0.2, 0) is 26.0 Å². The number of rotatable bonds is 4. The second kappa shape index (κ2) is 6.14. The zero-order chi connectivity index (χ0) is 16.3. The molecule has 4 amide bonds. The first-order valence-electron chi connectivity index (χ1n) is 6.42. The number of benzene rings is 1. The smallest absolute Gasteiger partial charge is 0.337 e. The summed E-state index contributed by atoms with van der Waals surface area (Å²) < 4.78 is 23.5. The fraction of sp³-hybridized carbons (Fsp3) is 0.308. The van der Waals surface area contributed by atoms with Crippen LogP contribution in [0, 0.1) is 0 Å². The van der Waals surface area contributed by atoms with Gasteiger partial charge in [-0.2, -0.15) is 0 Å². The molecule has 1 aliphatic heterocycles. The highest BCUT2D eigenvalue weighted by atomic mass is 32.2. The SMILES string of the molecule is CS(=O)(=O)NC(=O)N1CC(NC(=O)Cc2ccccc2)C1=O. The van der Waals surface area contributed by atoms with E-state index in [2.05, 4.69) is 5.32 Å². The van der Waals surface area contributed by atoms with Crippen LogP contribution >= 0.6 is 0 Å². The zero-order valence-corrected chi connectivity index (χ0v) is 12.6. The summed E-state index contributed by atoms with van der Waals surface area (Å²) in [5.74, 6) is -0.977. The molecule has 1 heterocycles. The molecule has 118 valence electrons. The number of β-lactam (4-membered cyclic amide) rings is 1. The molecule has 0 bridgehead atoms. The number of carbonyl (C=O) groups is 3. The molecule has 9 heteroatoms. The number of likely N-dealkylation sites (tertiary alicyclic amines) is 1. The van der Waals surface area contributed by atoms with Crippen molar-refractivity contribution in [2.24, 2.45) is 0 Å². The highest BCUT2D eigenvalue weighted by Crippen LogP contribution is 2.11. The standard InChI is InChI=1S/C13H15N3O5S/c1-22(20,21)15-13(19)16-8-10(12(16)18)14-11(17)7-9-5-3-2-4-6-9/h2-6,10H,7-8H2,1H3,(H,14,17)(H,15,19). The summed E-state index contributed by atoms with van der Waals surface area (Å²) in [5, 5.41) is 2.50. The lowest BCUT2D eigenvalue weighted by molar-refractivity contribution is -0.142. The molecule has 2 N–H and O–H groups in total. The Morgan fingerprint density at radius 1 is 1.27 bits per heavy atom. The van der Waals surface area contributed by atoms with Crippen LogP contribution in [-0.4, -0.2) is 50.0 Å². The van der Waals surface area contributed by atoms with Crippen LogP contribution in [0.15, 0.2) is 30.3 Å². The van der Waals surface area contributed by atoms with Crippen LogP contribution in [0.2, 0.25) is 0 Å². The normalized spacial score (nSPS) is 17.6. The minimum Gasteiger partial charge on any atom is -0.342 e. The maximum Gasteiger partial charge on any atom is 0.337 e. The predicted octanol–water partition coefficient (Wildman–Crippen LogP) is -0.775. The maximum absolute atomic E-state index is 11.8. The number of hydrogen-bond donors (Lipinski definition) is 2. The van der Waals surface area contributed by atoms with Crippen LogP contribution in [0.3, 0.4) is 0 Å². The van der Waals surface area contributed by atoms with Crippen LogP contribution in [0.25, 0.3) is 0 Å². The van der Waals surface area contributed by atoms with E-state index in [-0.39, 0.29) is 18.9 Å². The third-order valence-electron chi connectivity index (χ3n) is 2.99. The molecule has 22 heavy (non-hydrogen) atoms. The van der Waals surface area contributed by atoms with Crippen LogP contribution in [0.1, 0.15) is 5.56 Å². The van der Waals surface area contributed by atoms with Gasteiger partial charge in [0, 0.05) is 0 Å². The minimum absolute atomic E-state index is 0.0548. The van der Waals surface area contributed by atoms with Crippen LogP contribution < -0.4 is 10.0 Å². The summed E-state index contributed by atoms with van der Waals surface area (Å²) in [6.07, 6.45) is 0.939. The fourth-order valence-electron chi connectivity index (χ4n) is 1.96. The topological polar surface area (TPSA) is 113 Å². The van der Waals surface area contributed by atoms with Gasteiger partial charge in [0.2, 0.25) is 15.9 Å². The van der Waals surface area contributed by atoms with Gasteiger partial charge < -0.3 is 5.32 Å². The molecule has 1 atom stereocenters. The zero-order valence-electron chi connectivity index (χ0n) is 11.8. The molecular weight excluding hydrogens is 310 g/mol. The van der Waals surface area contributed by atoms with Crippen molar-refractivity contribution in [3.8, 4) is 0 Å². The molecule has 2 rings (SSSR count). The summed E-state index contributed by atoms with van der Waals surface area (Å²) in [7, 11) is -3.73. The molecule has 1 aromatic rings. The highest BCUT2D eigenvalue weighted by Gasteiger charge is 2.42. The van der Waals surface area contributed by atoms with Crippen LogP contribution in [0.5, 0.6) is 0 Å². The number of amides is 4. The number of hydrogen-bond acceptors (Lipinski definition) is 5. The van der Waals surface area contributed by atoms with Gasteiger partial charge in [0.25, 0.3) is 5.91 Å². The molecule has 0 saturated carbocycles. The first-order valence-corrected chi connectivity index (χ1v) is 8.32. The van der Waals surface area contributed by atoms with E-state index in [0.717, 1.165) is 16.7 Å². The molecule has 0 aliphatic carbocycles. The Morgan fingerprint density at radius 2 is 1.91 bits per heavy atom. The summed E-state index contributed by atoms with van der Waals surface area (Å²) >= 11 is 0. The second-order valence-electron chi connectivity index (χ2n) is 4.91. The number of sulfonamides is 1. The average molecular weight is 325 g/mol. The monoisotopic (exact) mass is 325 g/mol. The molecule has 0 radical (unpaired) electrons. The lowest BCUT2D eigenvalue weighted by atomic mass is 10.1. The largest absolute Gasteiger partial charge is 0.342 e. The fourth-order valence-corrected chi connectivity index (χ4v) is 2.38. The Morgan fingerprint density at radius 3 is 2.45 bits per heavy atom. The van der Waals surface area contributed by atoms with E-state index >= 15 is 0 Å². The van der Waals surface area contributed by atoms with Crippen LogP contribution in [0.4, 0.5) is 4.79 Å². The third kappa shape index (κ3) is 4.04. The summed E-state index contributed by atoms with van der Waals surface area (Å²) in [4.78, 5) is 35.7. The Hall–Kier alpha value is -2.42. The maximum atomic E-state index is 11.8. The number of urea groups is 1. The van der Waals surface area contributed by atoms with E-state index in [1.54, 1.807) is 29.0 Å². The van der Waals surface area contributed by atoms with Gasteiger partial charge in [-0.3, -0.25) is 14.5 Å². The van der Waals surface area contributed by atoms with E-state index in [4.69, 9.17) is 0 Å². The van der Waals surface area contributed by atoms with Crippen molar-refractivity contribution in [1.82, 2.24) is 14.9 Å². The van der Waals surface area contributed by atoms with Gasteiger partial charge in [0.05, 0.1) is 19.2 Å². The van der Waals surface area contributed by atoms with Crippen molar-refractivity contribution in [2.75, 3.05) is 12.8 Å². The number of nitrogens with zero attached hydrogens (tertiary/aromatic N) is 1. The molecule has 0 aromatic heterocycles. The van der Waals surface area contributed by atoms with Gasteiger partial charge >= 0.3 is 6.03 Å². The molecule has 8 nitrogen and oxygen atoms in total. The minimum atomic E-state index is -3.73. The average Bonchev–Trinajstić information content (AvgIpc) is 2.41. The number of imide groups is 1. The van der Waals surface area contributed by atoms with Gasteiger partial charge in [0.1, 0.15) is 6.04 Å². The molecule has 1 fully saturated rings.